The van der Waals surface area contributed by atoms with Gasteiger partial charge in [-0.15, -0.1) is 0 Å². The van der Waals surface area contributed by atoms with Gasteiger partial charge in [0, 0.05) is 26.6 Å². The molecule has 1 aliphatic heterocycles. The summed E-state index contributed by atoms with van der Waals surface area (Å²) in [5.74, 6) is -0.159. The molecule has 0 aromatic heterocycles. The van der Waals surface area contributed by atoms with Crippen LogP contribution in [0.5, 0.6) is 0 Å². The van der Waals surface area contributed by atoms with Crippen molar-refractivity contribution in [3.8, 4) is 0 Å². The molecule has 2 N–H and O–H groups in total. The Morgan fingerprint density at radius 3 is 2.37 bits per heavy atom. The summed E-state index contributed by atoms with van der Waals surface area (Å²) in [6, 6.07) is 24.2. The Morgan fingerprint density at radius 2 is 1.67 bits per heavy atom. The average molecular weight is 438 g/mol. The molecule has 0 bridgehead atoms. The van der Waals surface area contributed by atoms with Crippen molar-refractivity contribution >= 4 is 39.2 Å². The third-order valence-corrected chi connectivity index (χ3v) is 6.14. The molecule has 0 spiro atoms. The zero-order valence-corrected chi connectivity index (χ0v) is 16.6. The number of anilines is 1. The highest BCUT2D eigenvalue weighted by Gasteiger charge is 2.40. The maximum Gasteiger partial charge on any atom is 0.187 e. The Balaban J connectivity index is 1.83. The largest absolute Gasteiger partial charge is 0.370 e. The molecule has 1 unspecified atom stereocenters. The van der Waals surface area contributed by atoms with Crippen LogP contribution in [0.3, 0.4) is 0 Å². The van der Waals surface area contributed by atoms with Crippen LogP contribution in [-0.2, 0) is 4.93 Å². The molecule has 134 valence electrons. The molecule has 27 heavy (non-hydrogen) atoms. The van der Waals surface area contributed by atoms with Crippen molar-refractivity contribution in [2.75, 3.05) is 5.32 Å². The van der Waals surface area contributed by atoms with Crippen molar-refractivity contribution < 1.29 is 9.90 Å². The molecule has 0 radical (unpaired) electrons. The molecule has 3 nitrogen and oxygen atoms in total. The van der Waals surface area contributed by atoms with Crippen LogP contribution < -0.4 is 5.32 Å². The highest BCUT2D eigenvalue weighted by molar-refractivity contribution is 9.10. The second kappa shape index (κ2) is 7.35. The van der Waals surface area contributed by atoms with Crippen LogP contribution in [-0.4, -0.2) is 10.9 Å². The first-order valence-corrected chi connectivity index (χ1v) is 10.0. The lowest BCUT2D eigenvalue weighted by molar-refractivity contribution is 0.104. The van der Waals surface area contributed by atoms with Gasteiger partial charge >= 0.3 is 0 Å². The summed E-state index contributed by atoms with van der Waals surface area (Å²) in [5.41, 5.74) is 2.59. The third-order valence-electron chi connectivity index (χ3n) is 4.33. The second-order valence-corrected chi connectivity index (χ2v) is 8.32. The Kier molecular flexibility index (Phi) is 4.91. The van der Waals surface area contributed by atoms with Gasteiger partial charge in [0.05, 0.1) is 11.4 Å². The summed E-state index contributed by atoms with van der Waals surface area (Å²) in [4.78, 5) is 12.3. The minimum Gasteiger partial charge on any atom is -0.370 e. The molecule has 1 atom stereocenters. The van der Waals surface area contributed by atoms with Crippen molar-refractivity contribution in [3.63, 3.8) is 0 Å². The summed E-state index contributed by atoms with van der Waals surface area (Å²) in [5, 5.41) is 14.9. The average Bonchev–Trinajstić information content (AvgIpc) is 2.70. The molecule has 1 heterocycles. The Bertz CT molecular complexity index is 1020. The van der Waals surface area contributed by atoms with E-state index in [2.05, 4.69) is 21.2 Å². The standard InChI is InChI=1S/C22H16BrNO2S/c23-17-11-12-18-20(13-17)27-22(26,16-9-5-2-6-10-16)21(24-18)14-19(25)15-7-3-1-4-8-15/h1-14,24,26H/b21-14-. The number of aliphatic hydroxyl groups is 1. The van der Waals surface area contributed by atoms with E-state index in [4.69, 9.17) is 0 Å². The summed E-state index contributed by atoms with van der Waals surface area (Å²) < 4.78 is 0.929. The fraction of sp³-hybridized carbons (Fsp3) is 0.0455. The van der Waals surface area contributed by atoms with Crippen molar-refractivity contribution in [3.05, 3.63) is 106 Å². The lowest BCUT2D eigenvalue weighted by Gasteiger charge is -2.36. The van der Waals surface area contributed by atoms with Gasteiger partial charge in [-0.05, 0) is 18.2 Å². The number of hydrogen-bond donors (Lipinski definition) is 2. The lowest BCUT2D eigenvalue weighted by atomic mass is 10.0. The number of fused-ring (bicyclic) bond motifs is 1. The fourth-order valence-electron chi connectivity index (χ4n) is 2.96. The Labute approximate surface area is 170 Å². The lowest BCUT2D eigenvalue weighted by Crippen LogP contribution is -2.32. The van der Waals surface area contributed by atoms with Crippen LogP contribution in [0.25, 0.3) is 0 Å². The summed E-state index contributed by atoms with van der Waals surface area (Å²) in [7, 11) is 0. The number of halogens is 1. The first-order valence-electron chi connectivity index (χ1n) is 8.41. The van der Waals surface area contributed by atoms with Gasteiger partial charge in [-0.3, -0.25) is 4.79 Å². The summed E-state index contributed by atoms with van der Waals surface area (Å²) in [6.07, 6.45) is 1.49. The van der Waals surface area contributed by atoms with Crippen LogP contribution in [0.1, 0.15) is 15.9 Å². The quantitative estimate of drug-likeness (QED) is 0.414. The molecule has 1 aliphatic rings. The van der Waals surface area contributed by atoms with E-state index in [1.165, 1.54) is 17.8 Å². The van der Waals surface area contributed by atoms with E-state index in [0.717, 1.165) is 15.1 Å². The maximum absolute atomic E-state index is 12.8. The predicted octanol–water partition coefficient (Wildman–Crippen LogP) is 5.58. The van der Waals surface area contributed by atoms with Crippen LogP contribution in [0.15, 0.2) is 100 Å². The minimum atomic E-state index is -1.39. The number of hydrogen-bond acceptors (Lipinski definition) is 4. The molecule has 0 amide bonds. The maximum atomic E-state index is 12.8. The van der Waals surface area contributed by atoms with Gasteiger partial charge in [0.2, 0.25) is 0 Å². The van der Waals surface area contributed by atoms with Crippen molar-refractivity contribution in [2.45, 2.75) is 9.83 Å². The Hall–Kier alpha value is -2.34. The fourth-order valence-corrected chi connectivity index (χ4v) is 4.68. The van der Waals surface area contributed by atoms with Crippen LogP contribution in [0.2, 0.25) is 0 Å². The van der Waals surface area contributed by atoms with Gasteiger partial charge in [-0.1, -0.05) is 88.4 Å². The zero-order valence-electron chi connectivity index (χ0n) is 14.2. The summed E-state index contributed by atoms with van der Waals surface area (Å²) >= 11 is 4.79. The molecule has 5 heteroatoms. The third kappa shape index (κ3) is 3.58. The molecular weight excluding hydrogens is 422 g/mol. The molecule has 3 aromatic carbocycles. The molecule has 0 fully saturated rings. The summed E-state index contributed by atoms with van der Waals surface area (Å²) in [6.45, 7) is 0. The number of carbonyl (C=O) groups excluding carboxylic acids is 1. The molecular formula is C22H16BrNO2S. The first-order chi connectivity index (χ1) is 13.1. The smallest absolute Gasteiger partial charge is 0.187 e. The number of allylic oxidation sites excluding steroid dienone is 1. The number of carbonyl (C=O) groups is 1. The van der Waals surface area contributed by atoms with Crippen LogP contribution in [0, 0.1) is 0 Å². The number of ketones is 1. The van der Waals surface area contributed by atoms with Crippen molar-refractivity contribution in [2.24, 2.45) is 0 Å². The van der Waals surface area contributed by atoms with Gasteiger partial charge < -0.3 is 10.4 Å². The van der Waals surface area contributed by atoms with E-state index in [1.54, 1.807) is 12.1 Å². The number of nitrogens with one attached hydrogen (secondary N) is 1. The van der Waals surface area contributed by atoms with E-state index < -0.39 is 4.93 Å². The van der Waals surface area contributed by atoms with Gasteiger partial charge in [0.15, 0.2) is 10.7 Å². The van der Waals surface area contributed by atoms with Crippen LogP contribution in [0.4, 0.5) is 5.69 Å². The molecule has 0 saturated carbocycles. The highest BCUT2D eigenvalue weighted by atomic mass is 79.9. The zero-order chi connectivity index (χ0) is 18.9. The highest BCUT2D eigenvalue weighted by Crippen LogP contribution is 2.51. The van der Waals surface area contributed by atoms with E-state index in [9.17, 15) is 9.90 Å². The minimum absolute atomic E-state index is 0.159. The topological polar surface area (TPSA) is 49.3 Å². The van der Waals surface area contributed by atoms with E-state index >= 15 is 0 Å². The second-order valence-electron chi connectivity index (χ2n) is 6.17. The monoisotopic (exact) mass is 437 g/mol. The number of thioether (sulfide) groups is 1. The van der Waals surface area contributed by atoms with Gasteiger partial charge in [-0.25, -0.2) is 0 Å². The van der Waals surface area contributed by atoms with E-state index in [1.807, 2.05) is 66.7 Å². The normalized spacial score (nSPS) is 20.0. The van der Waals surface area contributed by atoms with Crippen molar-refractivity contribution in [1.82, 2.24) is 0 Å². The van der Waals surface area contributed by atoms with Gasteiger partial charge in [0.1, 0.15) is 0 Å². The predicted molar refractivity (Wildman–Crippen MR) is 113 cm³/mol. The molecule has 4 rings (SSSR count). The van der Waals surface area contributed by atoms with E-state index in [-0.39, 0.29) is 5.78 Å². The SMILES string of the molecule is O=C(/C=C1\Nc2ccc(Br)cc2SC1(O)c1ccccc1)c1ccccc1. The van der Waals surface area contributed by atoms with E-state index in [0.29, 0.717) is 16.8 Å². The Morgan fingerprint density at radius 1 is 1.00 bits per heavy atom. The van der Waals surface area contributed by atoms with Gasteiger partial charge in [-0.2, -0.15) is 0 Å². The van der Waals surface area contributed by atoms with Crippen LogP contribution >= 0.6 is 27.7 Å². The molecule has 3 aromatic rings. The first kappa shape index (κ1) is 18.0. The van der Waals surface area contributed by atoms with Crippen molar-refractivity contribution in [1.29, 1.82) is 0 Å². The van der Waals surface area contributed by atoms with Gasteiger partial charge in [0.25, 0.3) is 0 Å². The number of benzene rings is 3. The molecule has 0 aliphatic carbocycles. The molecule has 0 saturated heterocycles. The number of rotatable bonds is 3.